The normalized spacial score (nSPS) is 17.7. The van der Waals surface area contributed by atoms with Gasteiger partial charge in [-0.3, -0.25) is 0 Å². The van der Waals surface area contributed by atoms with Crippen LogP contribution in [0.5, 0.6) is 0 Å². The number of aromatic amines is 1. The molecule has 1 fully saturated rings. The maximum Gasteiger partial charge on any atom is 0.491 e. The molecule has 1 aliphatic heterocycles. The van der Waals surface area contributed by atoms with Crippen LogP contribution >= 0.6 is 0 Å². The van der Waals surface area contributed by atoms with E-state index in [1.54, 1.807) is 0 Å². The van der Waals surface area contributed by atoms with Gasteiger partial charge in [-0.15, -0.1) is 0 Å². The van der Waals surface area contributed by atoms with Gasteiger partial charge >= 0.3 is 7.12 Å². The van der Waals surface area contributed by atoms with E-state index in [1.807, 2.05) is 19.1 Å². The van der Waals surface area contributed by atoms with Crippen LogP contribution in [0.1, 0.15) is 71.7 Å². The van der Waals surface area contributed by atoms with Crippen LogP contribution in [0.4, 0.5) is 0 Å². The lowest BCUT2D eigenvalue weighted by molar-refractivity contribution is -0.488. The van der Waals surface area contributed by atoms with Crippen LogP contribution in [0.15, 0.2) is 66.3 Å². The molecule has 1 aliphatic rings. The van der Waals surface area contributed by atoms with Crippen LogP contribution in [0, 0.1) is 5.92 Å². The van der Waals surface area contributed by atoms with E-state index in [4.69, 9.17) is 19.1 Å². The Hall–Kier alpha value is -2.84. The molecule has 7 heteroatoms. The van der Waals surface area contributed by atoms with E-state index < -0.39 is 18.3 Å². The standard InChI is InChI=1S/C30H38BNO5/c1-8-33-37-34-18-17-22-13-15-23(16-14-22)28(27-20-24-11-9-10-12-26(24)32-27)25(19-21(2)3)31-35-29(4,5)30(6,7)36-31/h9-18,20-21,32H,8,19H2,1-7H3/b18-17+,28-25+. The second-order valence-electron chi connectivity index (χ2n) is 10.9. The number of allylic oxidation sites excluding steroid dienone is 1. The highest BCUT2D eigenvalue weighted by Crippen LogP contribution is 2.42. The van der Waals surface area contributed by atoms with E-state index in [1.165, 1.54) is 11.6 Å². The average Bonchev–Trinajstić information content (AvgIpc) is 3.36. The Balaban J connectivity index is 1.80. The Morgan fingerprint density at radius 2 is 1.68 bits per heavy atom. The van der Waals surface area contributed by atoms with Crippen molar-refractivity contribution in [3.8, 4) is 0 Å². The van der Waals surface area contributed by atoms with Crippen LogP contribution in [-0.2, 0) is 24.1 Å². The van der Waals surface area contributed by atoms with Crippen LogP contribution in [0.25, 0.3) is 22.6 Å². The van der Waals surface area contributed by atoms with E-state index in [2.05, 4.69) is 100 Å². The summed E-state index contributed by atoms with van der Waals surface area (Å²) in [5.41, 5.74) is 5.59. The first-order valence-corrected chi connectivity index (χ1v) is 13.0. The third-order valence-corrected chi connectivity index (χ3v) is 7.01. The molecule has 6 nitrogen and oxygen atoms in total. The van der Waals surface area contributed by atoms with E-state index in [0.29, 0.717) is 12.5 Å². The molecular formula is C30H38BNO5. The average molecular weight is 503 g/mol. The molecular weight excluding hydrogens is 465 g/mol. The summed E-state index contributed by atoms with van der Waals surface area (Å²) in [6.07, 6.45) is 4.11. The van der Waals surface area contributed by atoms with Crippen LogP contribution < -0.4 is 0 Å². The van der Waals surface area contributed by atoms with Gasteiger partial charge in [0, 0.05) is 22.2 Å². The fourth-order valence-electron chi connectivity index (χ4n) is 4.43. The Morgan fingerprint density at radius 1 is 1.00 bits per heavy atom. The molecule has 1 saturated heterocycles. The zero-order valence-electron chi connectivity index (χ0n) is 23.0. The van der Waals surface area contributed by atoms with Crippen molar-refractivity contribution in [3.05, 3.63) is 83.2 Å². The molecule has 0 aliphatic carbocycles. The maximum absolute atomic E-state index is 6.59. The summed E-state index contributed by atoms with van der Waals surface area (Å²) in [5.74, 6) is 0.415. The number of hydrogen-bond donors (Lipinski definition) is 1. The number of nitrogens with one attached hydrogen (secondary N) is 1. The van der Waals surface area contributed by atoms with Crippen molar-refractivity contribution in [1.82, 2.24) is 4.98 Å². The molecule has 1 N–H and O–H groups in total. The summed E-state index contributed by atoms with van der Waals surface area (Å²) in [6, 6.07) is 18.9. The lowest BCUT2D eigenvalue weighted by Gasteiger charge is -2.32. The van der Waals surface area contributed by atoms with Crippen molar-refractivity contribution in [1.29, 1.82) is 0 Å². The van der Waals surface area contributed by atoms with Crippen molar-refractivity contribution in [3.63, 3.8) is 0 Å². The SMILES string of the molecule is CCOOO/C=C/c1ccc(/C(=C(/CC(C)C)B2OC(C)(C)C(C)(C)O2)c2cc3ccccc3[nH]2)cc1. The quantitative estimate of drug-likeness (QED) is 0.102. The molecule has 0 saturated carbocycles. The molecule has 4 rings (SSSR count). The summed E-state index contributed by atoms with van der Waals surface area (Å²) in [6.45, 7) is 15.1. The molecule has 0 spiro atoms. The number of hydrogen-bond acceptors (Lipinski definition) is 5. The minimum atomic E-state index is -0.447. The molecule has 0 bridgehead atoms. The molecule has 0 atom stereocenters. The van der Waals surface area contributed by atoms with Gasteiger partial charge in [-0.25, -0.2) is 0 Å². The molecule has 0 amide bonds. The first-order chi connectivity index (χ1) is 17.6. The lowest BCUT2D eigenvalue weighted by atomic mass is 9.69. The number of H-pyrrole nitrogens is 1. The van der Waals surface area contributed by atoms with Crippen LogP contribution in [0.2, 0.25) is 0 Å². The van der Waals surface area contributed by atoms with Gasteiger partial charge in [0.15, 0.2) is 0 Å². The minimum absolute atomic E-state index is 0.410. The predicted octanol–water partition coefficient (Wildman–Crippen LogP) is 7.52. The van der Waals surface area contributed by atoms with Crippen LogP contribution in [0.3, 0.4) is 0 Å². The van der Waals surface area contributed by atoms with Gasteiger partial charge in [0.25, 0.3) is 0 Å². The molecule has 196 valence electrons. The molecule has 0 radical (unpaired) electrons. The lowest BCUT2D eigenvalue weighted by Crippen LogP contribution is -2.41. The molecule has 3 aromatic rings. The topological polar surface area (TPSA) is 61.9 Å². The monoisotopic (exact) mass is 503 g/mol. The highest BCUT2D eigenvalue weighted by molar-refractivity contribution is 6.56. The zero-order valence-corrected chi connectivity index (χ0v) is 23.0. The van der Waals surface area contributed by atoms with Gasteiger partial charge in [0.2, 0.25) is 0 Å². The zero-order chi connectivity index (χ0) is 26.6. The van der Waals surface area contributed by atoms with Gasteiger partial charge in [-0.05, 0) is 86.8 Å². The Labute approximate surface area is 220 Å². The second kappa shape index (κ2) is 11.3. The fourth-order valence-corrected chi connectivity index (χ4v) is 4.43. The van der Waals surface area contributed by atoms with Gasteiger partial charge in [-0.2, -0.15) is 4.89 Å². The highest BCUT2D eigenvalue weighted by atomic mass is 17.5. The fraction of sp³-hybridized carbons (Fsp3) is 0.400. The van der Waals surface area contributed by atoms with Gasteiger partial charge in [0.1, 0.15) is 6.26 Å². The Morgan fingerprint density at radius 3 is 2.30 bits per heavy atom. The van der Waals surface area contributed by atoms with E-state index in [-0.39, 0.29) is 0 Å². The van der Waals surface area contributed by atoms with Crippen LogP contribution in [-0.4, -0.2) is 29.9 Å². The summed E-state index contributed by atoms with van der Waals surface area (Å²) >= 11 is 0. The van der Waals surface area contributed by atoms with Crippen molar-refractivity contribution < 1.29 is 24.1 Å². The number of benzene rings is 2. The van der Waals surface area contributed by atoms with Crippen molar-refractivity contribution in [2.24, 2.45) is 5.92 Å². The Kier molecular flexibility index (Phi) is 8.29. The maximum atomic E-state index is 6.59. The van der Waals surface area contributed by atoms with Crippen molar-refractivity contribution in [2.45, 2.75) is 66.1 Å². The molecule has 2 heterocycles. The smallest absolute Gasteiger partial charge is 0.400 e. The number of para-hydroxylation sites is 1. The molecule has 1 aromatic heterocycles. The molecule has 0 unspecified atom stereocenters. The van der Waals surface area contributed by atoms with E-state index in [9.17, 15) is 0 Å². The van der Waals surface area contributed by atoms with Crippen molar-refractivity contribution >= 4 is 29.7 Å². The number of rotatable bonds is 10. The summed E-state index contributed by atoms with van der Waals surface area (Å²) in [7, 11) is -0.447. The molecule has 2 aromatic carbocycles. The largest absolute Gasteiger partial charge is 0.491 e. The van der Waals surface area contributed by atoms with Crippen molar-refractivity contribution in [2.75, 3.05) is 6.61 Å². The second-order valence-corrected chi connectivity index (χ2v) is 10.9. The Bertz CT molecular complexity index is 1210. The van der Waals surface area contributed by atoms with Gasteiger partial charge in [0.05, 0.1) is 17.8 Å². The minimum Gasteiger partial charge on any atom is -0.400 e. The third-order valence-electron chi connectivity index (χ3n) is 7.01. The number of fused-ring (bicyclic) bond motifs is 1. The predicted molar refractivity (Wildman–Crippen MR) is 149 cm³/mol. The summed E-state index contributed by atoms with van der Waals surface area (Å²) < 4.78 is 13.2. The first kappa shape index (κ1) is 27.2. The van der Waals surface area contributed by atoms with E-state index in [0.717, 1.165) is 39.8 Å². The van der Waals surface area contributed by atoms with Gasteiger partial charge < -0.3 is 19.2 Å². The highest BCUT2D eigenvalue weighted by Gasteiger charge is 2.53. The molecule has 37 heavy (non-hydrogen) atoms. The number of aromatic nitrogens is 1. The van der Waals surface area contributed by atoms with E-state index >= 15 is 0 Å². The van der Waals surface area contributed by atoms with Gasteiger partial charge in [-0.1, -0.05) is 56.3 Å². The summed E-state index contributed by atoms with van der Waals surface area (Å²) in [5, 5.41) is 5.75. The summed E-state index contributed by atoms with van der Waals surface area (Å²) in [4.78, 5) is 13.3. The third kappa shape index (κ3) is 6.19. The first-order valence-electron chi connectivity index (χ1n) is 13.0.